The maximum Gasteiger partial charge on any atom is 0.326 e. The highest BCUT2D eigenvalue weighted by Crippen LogP contribution is 2.34. The van der Waals surface area contributed by atoms with Crippen molar-refractivity contribution in [2.45, 2.75) is 39.2 Å². The molecule has 1 aliphatic carbocycles. The molecule has 0 bridgehead atoms. The van der Waals surface area contributed by atoms with Crippen LogP contribution < -0.4 is 10.2 Å². The van der Waals surface area contributed by atoms with E-state index in [0.29, 0.717) is 6.54 Å². The van der Waals surface area contributed by atoms with Crippen LogP contribution in [0.1, 0.15) is 30.4 Å². The topological polar surface area (TPSA) is 86.7 Å². The molecule has 0 aromatic heterocycles. The number of carbonyl (C=O) groups excluding carboxylic acids is 2. The Morgan fingerprint density at radius 2 is 2.00 bits per heavy atom. The van der Waals surface area contributed by atoms with Crippen LogP contribution in [0, 0.1) is 25.7 Å². The predicted molar refractivity (Wildman–Crippen MR) is 88.7 cm³/mol. The van der Waals surface area contributed by atoms with Gasteiger partial charge in [-0.2, -0.15) is 0 Å². The van der Waals surface area contributed by atoms with E-state index in [2.05, 4.69) is 5.32 Å². The third-order valence-corrected chi connectivity index (χ3v) is 5.02. The minimum Gasteiger partial charge on any atom is -0.480 e. The van der Waals surface area contributed by atoms with E-state index in [0.717, 1.165) is 29.7 Å². The lowest BCUT2D eigenvalue weighted by molar-refractivity contribution is -0.143. The number of amides is 2. The lowest BCUT2D eigenvalue weighted by atomic mass is 10.1. The number of nitrogens with one attached hydrogen (secondary N) is 1. The van der Waals surface area contributed by atoms with Crippen LogP contribution in [0.4, 0.5) is 5.69 Å². The molecule has 6 heteroatoms. The lowest BCUT2D eigenvalue weighted by Crippen LogP contribution is -2.45. The molecular formula is C18H22N2O4. The Morgan fingerprint density at radius 3 is 2.62 bits per heavy atom. The number of hydrogen-bond donors (Lipinski definition) is 2. The quantitative estimate of drug-likeness (QED) is 0.859. The van der Waals surface area contributed by atoms with Gasteiger partial charge in [0.05, 0.1) is 5.92 Å². The highest BCUT2D eigenvalue weighted by molar-refractivity contribution is 6.01. The molecular weight excluding hydrogens is 308 g/mol. The number of benzene rings is 1. The largest absolute Gasteiger partial charge is 0.480 e. The number of aliphatic carboxylic acids is 1. The van der Waals surface area contributed by atoms with Gasteiger partial charge in [-0.1, -0.05) is 12.1 Å². The van der Waals surface area contributed by atoms with Gasteiger partial charge in [0, 0.05) is 18.7 Å². The van der Waals surface area contributed by atoms with Crippen molar-refractivity contribution in [3.63, 3.8) is 0 Å². The van der Waals surface area contributed by atoms with E-state index in [9.17, 15) is 19.5 Å². The van der Waals surface area contributed by atoms with Crippen LogP contribution in [0.5, 0.6) is 0 Å². The average Bonchev–Trinajstić information content (AvgIpc) is 3.29. The van der Waals surface area contributed by atoms with Gasteiger partial charge in [-0.15, -0.1) is 0 Å². The second kappa shape index (κ2) is 6.26. The molecule has 1 saturated heterocycles. The van der Waals surface area contributed by atoms with Crippen molar-refractivity contribution in [3.05, 3.63) is 29.3 Å². The molecule has 0 radical (unpaired) electrons. The van der Waals surface area contributed by atoms with Crippen molar-refractivity contribution in [2.24, 2.45) is 11.8 Å². The summed E-state index contributed by atoms with van der Waals surface area (Å²) in [5.41, 5.74) is 2.94. The van der Waals surface area contributed by atoms with E-state index < -0.39 is 17.9 Å². The number of carboxylic acids is 1. The molecule has 0 spiro atoms. The normalized spacial score (nSPS) is 21.7. The summed E-state index contributed by atoms with van der Waals surface area (Å²) in [6.45, 7) is 4.24. The summed E-state index contributed by atoms with van der Waals surface area (Å²) < 4.78 is 0. The Kier molecular flexibility index (Phi) is 4.30. The van der Waals surface area contributed by atoms with Gasteiger partial charge < -0.3 is 15.3 Å². The van der Waals surface area contributed by atoms with Crippen LogP contribution in [-0.4, -0.2) is 35.5 Å². The van der Waals surface area contributed by atoms with Crippen molar-refractivity contribution < 1.29 is 19.5 Å². The van der Waals surface area contributed by atoms with E-state index in [1.165, 1.54) is 0 Å². The number of nitrogens with zero attached hydrogens (tertiary/aromatic N) is 1. The Bertz CT molecular complexity index is 696. The lowest BCUT2D eigenvalue weighted by Gasteiger charge is -2.21. The van der Waals surface area contributed by atoms with E-state index in [4.69, 9.17) is 0 Å². The molecule has 2 fully saturated rings. The number of hydrogen-bond acceptors (Lipinski definition) is 3. The predicted octanol–water partition coefficient (Wildman–Crippen LogP) is 1.64. The standard InChI is InChI=1S/C18H22N2O4/c1-10-4-3-5-14(11(10)2)20-9-13(8-15(20)21)17(22)19-16(18(23)24)12-6-7-12/h3-5,12-13,16H,6-9H2,1-2H3,(H,19,22)(H,23,24). The molecule has 1 aromatic carbocycles. The first-order valence-electron chi connectivity index (χ1n) is 8.28. The molecule has 6 nitrogen and oxygen atoms in total. The Morgan fingerprint density at radius 1 is 1.29 bits per heavy atom. The summed E-state index contributed by atoms with van der Waals surface area (Å²) in [4.78, 5) is 37.7. The molecule has 1 aliphatic heterocycles. The number of carboxylic acid groups (broad SMARTS) is 1. The monoisotopic (exact) mass is 330 g/mol. The van der Waals surface area contributed by atoms with Gasteiger partial charge in [0.15, 0.2) is 0 Å². The SMILES string of the molecule is Cc1cccc(N2CC(C(=O)NC(C(=O)O)C3CC3)CC2=O)c1C. The third kappa shape index (κ3) is 3.13. The van der Waals surface area contributed by atoms with Crippen LogP contribution in [-0.2, 0) is 14.4 Å². The average molecular weight is 330 g/mol. The van der Waals surface area contributed by atoms with Crippen LogP contribution >= 0.6 is 0 Å². The van der Waals surface area contributed by atoms with Crippen LogP contribution in [0.2, 0.25) is 0 Å². The van der Waals surface area contributed by atoms with E-state index >= 15 is 0 Å². The fourth-order valence-corrected chi connectivity index (χ4v) is 3.23. The van der Waals surface area contributed by atoms with Gasteiger partial charge in [-0.05, 0) is 49.8 Å². The maximum absolute atomic E-state index is 12.4. The minimum absolute atomic E-state index is 0.0266. The van der Waals surface area contributed by atoms with Gasteiger partial charge in [0.1, 0.15) is 6.04 Å². The second-order valence-corrected chi connectivity index (χ2v) is 6.79. The molecule has 2 amide bonds. The van der Waals surface area contributed by atoms with Crippen LogP contribution in [0.3, 0.4) is 0 Å². The molecule has 1 saturated carbocycles. The molecule has 3 rings (SSSR count). The summed E-state index contributed by atoms with van der Waals surface area (Å²) in [7, 11) is 0. The molecule has 2 N–H and O–H groups in total. The number of carbonyl (C=O) groups is 3. The highest BCUT2D eigenvalue weighted by atomic mass is 16.4. The summed E-state index contributed by atoms with van der Waals surface area (Å²) in [5, 5.41) is 11.9. The molecule has 1 aromatic rings. The Hall–Kier alpha value is -2.37. The van der Waals surface area contributed by atoms with Gasteiger partial charge in [0.25, 0.3) is 0 Å². The Labute approximate surface area is 140 Å². The van der Waals surface area contributed by atoms with Crippen molar-refractivity contribution in [3.8, 4) is 0 Å². The molecule has 2 aliphatic rings. The van der Waals surface area contributed by atoms with E-state index in [-0.39, 0.29) is 24.2 Å². The maximum atomic E-state index is 12.4. The van der Waals surface area contributed by atoms with Gasteiger partial charge in [-0.3, -0.25) is 9.59 Å². The third-order valence-electron chi connectivity index (χ3n) is 5.02. The van der Waals surface area contributed by atoms with Crippen LogP contribution in [0.15, 0.2) is 18.2 Å². The number of rotatable bonds is 5. The molecule has 128 valence electrons. The molecule has 2 unspecified atom stereocenters. The van der Waals surface area contributed by atoms with Crippen molar-refractivity contribution in [1.29, 1.82) is 0 Å². The first-order valence-corrected chi connectivity index (χ1v) is 8.28. The zero-order valence-electron chi connectivity index (χ0n) is 13.9. The van der Waals surface area contributed by atoms with E-state index in [1.807, 2.05) is 32.0 Å². The van der Waals surface area contributed by atoms with E-state index in [1.54, 1.807) is 4.90 Å². The molecule has 2 atom stereocenters. The first kappa shape index (κ1) is 16.5. The van der Waals surface area contributed by atoms with Gasteiger partial charge in [-0.25, -0.2) is 4.79 Å². The second-order valence-electron chi connectivity index (χ2n) is 6.79. The fourth-order valence-electron chi connectivity index (χ4n) is 3.23. The first-order chi connectivity index (χ1) is 11.4. The number of anilines is 1. The summed E-state index contributed by atoms with van der Waals surface area (Å²) in [6.07, 6.45) is 1.78. The van der Waals surface area contributed by atoms with Crippen molar-refractivity contribution in [2.75, 3.05) is 11.4 Å². The molecule has 24 heavy (non-hydrogen) atoms. The number of aryl methyl sites for hydroxylation is 1. The zero-order valence-corrected chi connectivity index (χ0v) is 13.9. The Balaban J connectivity index is 1.71. The summed E-state index contributed by atoms with van der Waals surface area (Å²) in [6, 6.07) is 4.93. The summed E-state index contributed by atoms with van der Waals surface area (Å²) >= 11 is 0. The molecule has 1 heterocycles. The zero-order chi connectivity index (χ0) is 17.4. The van der Waals surface area contributed by atoms with Crippen LogP contribution in [0.25, 0.3) is 0 Å². The summed E-state index contributed by atoms with van der Waals surface area (Å²) in [5.74, 6) is -1.91. The fraction of sp³-hybridized carbons (Fsp3) is 0.500. The van der Waals surface area contributed by atoms with Gasteiger partial charge >= 0.3 is 5.97 Å². The minimum atomic E-state index is -0.999. The highest BCUT2D eigenvalue weighted by Gasteiger charge is 2.41. The van der Waals surface area contributed by atoms with Gasteiger partial charge in [0.2, 0.25) is 11.8 Å². The van der Waals surface area contributed by atoms with Crippen molar-refractivity contribution >= 4 is 23.5 Å². The van der Waals surface area contributed by atoms with Crippen molar-refractivity contribution in [1.82, 2.24) is 5.32 Å². The smallest absolute Gasteiger partial charge is 0.326 e.